The van der Waals surface area contributed by atoms with Crippen LogP contribution in [0.1, 0.15) is 34.1 Å². The van der Waals surface area contributed by atoms with Crippen molar-refractivity contribution in [3.63, 3.8) is 0 Å². The van der Waals surface area contributed by atoms with Crippen LogP contribution in [-0.4, -0.2) is 73.2 Å². The summed E-state index contributed by atoms with van der Waals surface area (Å²) in [6.07, 6.45) is 16.7. The van der Waals surface area contributed by atoms with Crippen molar-refractivity contribution in [2.24, 2.45) is 15.9 Å². The highest BCUT2D eigenvalue weighted by molar-refractivity contribution is 8.04. The summed E-state index contributed by atoms with van der Waals surface area (Å²) in [7, 11) is 0. The lowest BCUT2D eigenvalue weighted by Gasteiger charge is -2.34. The molecule has 0 N–H and O–H groups in total. The Labute approximate surface area is 204 Å². The number of carbonyl (C=O) groups excluding carboxylic acids is 1. The largest absolute Gasteiger partial charge is 0.480 e. The molecule has 0 aromatic carbocycles. The lowest BCUT2D eigenvalue weighted by molar-refractivity contribution is -0.128. The molecular weight excluding hydrogens is 432 g/mol. The first-order chi connectivity index (χ1) is 15.9. The molecule has 0 bridgehead atoms. The molecule has 0 saturated carbocycles. The Balaban J connectivity index is 0.00000172. The molecule has 0 spiro atoms. The van der Waals surface area contributed by atoms with Crippen LogP contribution in [0.15, 0.2) is 57.4 Å². The molecule has 1 fully saturated rings. The van der Waals surface area contributed by atoms with Gasteiger partial charge in [-0.05, 0) is 24.5 Å². The second-order valence-electron chi connectivity index (χ2n) is 7.90. The molecule has 0 aromatic heterocycles. The number of hydrogen-bond donors (Lipinski definition) is 0. The minimum Gasteiger partial charge on any atom is -0.480 e. The zero-order valence-electron chi connectivity index (χ0n) is 20.5. The fourth-order valence-electron chi connectivity index (χ4n) is 2.83. The third-order valence-electron chi connectivity index (χ3n) is 4.53. The van der Waals surface area contributed by atoms with Gasteiger partial charge in [-0.1, -0.05) is 51.7 Å². The van der Waals surface area contributed by atoms with Gasteiger partial charge in [0.25, 0.3) is 5.91 Å². The monoisotopic (exact) mass is 470 g/mol. The molecule has 180 valence electrons. The highest BCUT2D eigenvalue weighted by atomic mass is 32.2. The van der Waals surface area contributed by atoms with Gasteiger partial charge in [0.05, 0.1) is 18.2 Å². The molecule has 2 aliphatic heterocycles. The zero-order chi connectivity index (χ0) is 24.5. The fraction of sp³-hybridized carbons (Fsp3) is 0.500. The summed E-state index contributed by atoms with van der Waals surface area (Å²) in [5, 5.41) is 0. The summed E-state index contributed by atoms with van der Waals surface area (Å²) < 4.78 is 5.65. The normalized spacial score (nSPS) is 21.1. The van der Waals surface area contributed by atoms with Crippen molar-refractivity contribution in [2.75, 3.05) is 45.2 Å². The Hall–Kier alpha value is -2.56. The number of ether oxygens (including phenoxy) is 1. The highest BCUT2D eigenvalue weighted by Crippen LogP contribution is 2.22. The van der Waals surface area contributed by atoms with Crippen LogP contribution in [0.4, 0.5) is 0 Å². The number of thioether (sulfide) groups is 1. The van der Waals surface area contributed by atoms with Crippen LogP contribution in [-0.2, 0) is 9.53 Å². The minimum absolute atomic E-state index is 0.0903. The summed E-state index contributed by atoms with van der Waals surface area (Å²) in [6.45, 7) is 16.2. The summed E-state index contributed by atoms with van der Waals surface area (Å²) in [5.74, 6) is 4.32. The number of nitrogens with zero attached hydrogens (tertiary/aromatic N) is 4. The highest BCUT2D eigenvalue weighted by Gasteiger charge is 2.23. The Morgan fingerprint density at radius 1 is 1.33 bits per heavy atom. The van der Waals surface area contributed by atoms with E-state index in [0.717, 1.165) is 41.6 Å². The molecule has 7 heteroatoms. The van der Waals surface area contributed by atoms with Crippen LogP contribution in [0.5, 0.6) is 0 Å². The number of rotatable bonds is 7. The quantitative estimate of drug-likeness (QED) is 0.311. The number of allylic oxidation sites excluding steroid dienone is 5. The maximum atomic E-state index is 12.9. The van der Waals surface area contributed by atoms with E-state index in [0.29, 0.717) is 32.3 Å². The van der Waals surface area contributed by atoms with Crippen LogP contribution in [0.3, 0.4) is 0 Å². The third kappa shape index (κ3) is 12.3. The van der Waals surface area contributed by atoms with Crippen molar-refractivity contribution in [3.05, 3.63) is 47.4 Å². The second kappa shape index (κ2) is 17.0. The maximum Gasteiger partial charge on any atom is 0.260 e. The first kappa shape index (κ1) is 28.5. The van der Waals surface area contributed by atoms with E-state index in [-0.39, 0.29) is 5.91 Å². The number of piperazine rings is 1. The van der Waals surface area contributed by atoms with Gasteiger partial charge in [0.1, 0.15) is 6.34 Å². The number of amides is 1. The molecule has 2 rings (SSSR count). The van der Waals surface area contributed by atoms with Gasteiger partial charge in [0.15, 0.2) is 5.90 Å². The van der Waals surface area contributed by atoms with Gasteiger partial charge in [0, 0.05) is 38.4 Å². The lowest BCUT2D eigenvalue weighted by atomic mass is 10.2. The fourth-order valence-corrected chi connectivity index (χ4v) is 3.71. The number of carbonyl (C=O) groups is 1. The first-order valence-corrected chi connectivity index (χ1v) is 12.3. The lowest BCUT2D eigenvalue weighted by Crippen LogP contribution is -2.48. The van der Waals surface area contributed by atoms with Gasteiger partial charge < -0.3 is 9.64 Å². The third-order valence-corrected chi connectivity index (χ3v) is 5.49. The van der Waals surface area contributed by atoms with Crippen LogP contribution in [0.25, 0.3) is 0 Å². The summed E-state index contributed by atoms with van der Waals surface area (Å²) >= 11 is 1.56. The predicted octanol–water partition coefficient (Wildman–Crippen LogP) is 4.54. The molecule has 33 heavy (non-hydrogen) atoms. The molecule has 0 aromatic rings. The van der Waals surface area contributed by atoms with E-state index >= 15 is 0 Å². The van der Waals surface area contributed by atoms with E-state index in [1.54, 1.807) is 25.0 Å². The number of hydrogen-bond acceptors (Lipinski definition) is 5. The first-order valence-electron chi connectivity index (χ1n) is 11.3. The predicted molar refractivity (Wildman–Crippen MR) is 142 cm³/mol. The molecule has 0 aliphatic carbocycles. The summed E-state index contributed by atoms with van der Waals surface area (Å²) in [6, 6.07) is 0. The van der Waals surface area contributed by atoms with Crippen molar-refractivity contribution in [1.82, 2.24) is 9.80 Å². The summed E-state index contributed by atoms with van der Waals surface area (Å²) in [5.41, 5.74) is 0.842. The SMILES string of the molecule is C#CC.C=C1/C=C\C=C/CS/C(C(=O)N2CCN(C/N=C\N=C(CC)OCC(C)C)CC2)=C\1. The van der Waals surface area contributed by atoms with Crippen molar-refractivity contribution in [3.8, 4) is 12.3 Å². The van der Waals surface area contributed by atoms with Crippen molar-refractivity contribution in [1.29, 1.82) is 0 Å². The smallest absolute Gasteiger partial charge is 0.260 e. The van der Waals surface area contributed by atoms with Gasteiger partial charge in [0.2, 0.25) is 0 Å². The number of terminal acetylenes is 1. The Kier molecular flexibility index (Phi) is 14.7. The van der Waals surface area contributed by atoms with Crippen LogP contribution in [0, 0.1) is 18.3 Å². The molecule has 2 heterocycles. The molecule has 1 saturated heterocycles. The molecule has 0 unspecified atom stereocenters. The van der Waals surface area contributed by atoms with E-state index < -0.39 is 0 Å². The average molecular weight is 471 g/mol. The standard InChI is InChI=1S/C23H34N4O2S.C3H4/c1-5-22(29-16-19(2)3)25-17-24-18-26-10-12-27(13-11-26)23(28)21-15-20(4)9-7-6-8-14-30-21;1-3-2/h6-9,15,17,19H,4-5,10-14,16,18H2,1-3H3;1H,2H3/b8-6-,9-7-,21-15-,24-17-,25-22?;. The Morgan fingerprint density at radius 3 is 2.67 bits per heavy atom. The zero-order valence-corrected chi connectivity index (χ0v) is 21.3. The van der Waals surface area contributed by atoms with Gasteiger partial charge in [-0.25, -0.2) is 4.99 Å². The van der Waals surface area contributed by atoms with E-state index in [2.05, 4.69) is 53.7 Å². The van der Waals surface area contributed by atoms with Gasteiger partial charge in [-0.3, -0.25) is 14.7 Å². The van der Waals surface area contributed by atoms with E-state index in [1.165, 1.54) is 0 Å². The van der Waals surface area contributed by atoms with Crippen molar-refractivity contribution < 1.29 is 9.53 Å². The van der Waals surface area contributed by atoms with Gasteiger partial charge in [-0.2, -0.15) is 0 Å². The number of aliphatic imine (C=N–C) groups is 2. The minimum atomic E-state index is 0.0903. The van der Waals surface area contributed by atoms with E-state index in [9.17, 15) is 4.79 Å². The van der Waals surface area contributed by atoms with E-state index in [4.69, 9.17) is 4.74 Å². The van der Waals surface area contributed by atoms with Gasteiger partial charge in [-0.15, -0.1) is 24.1 Å². The van der Waals surface area contributed by atoms with Crippen molar-refractivity contribution >= 4 is 29.9 Å². The molecule has 6 nitrogen and oxygen atoms in total. The van der Waals surface area contributed by atoms with E-state index in [1.807, 2.05) is 36.1 Å². The van der Waals surface area contributed by atoms with Crippen molar-refractivity contribution in [2.45, 2.75) is 34.1 Å². The second-order valence-corrected chi connectivity index (χ2v) is 8.96. The summed E-state index contributed by atoms with van der Waals surface area (Å²) in [4.78, 5) is 26.5. The molecular formula is C26H38N4O2S. The maximum absolute atomic E-state index is 12.9. The molecule has 1 amide bonds. The van der Waals surface area contributed by atoms with Crippen LogP contribution in [0.2, 0.25) is 0 Å². The topological polar surface area (TPSA) is 57.5 Å². The average Bonchev–Trinajstić information content (AvgIpc) is 2.90. The molecule has 0 radical (unpaired) electrons. The van der Waals surface area contributed by atoms with Crippen LogP contribution < -0.4 is 0 Å². The molecule has 0 atom stereocenters. The Bertz CT molecular complexity index is 811. The van der Waals surface area contributed by atoms with Crippen LogP contribution >= 0.6 is 11.8 Å². The molecule has 2 aliphatic rings. The Morgan fingerprint density at radius 2 is 2.03 bits per heavy atom. The van der Waals surface area contributed by atoms with Gasteiger partial charge >= 0.3 is 0 Å².